The number of methoxy groups -OCH3 is 3. The van der Waals surface area contributed by atoms with Crippen LogP contribution < -0.4 is 23.8 Å². The maximum atomic E-state index is 13.5. The smallest absolute Gasteiger partial charge is 0.300 e. The van der Waals surface area contributed by atoms with Gasteiger partial charge in [-0.15, -0.1) is 0 Å². The highest BCUT2D eigenvalue weighted by atomic mass is 35.5. The molecule has 1 atom stereocenters. The fourth-order valence-electron chi connectivity index (χ4n) is 4.32. The number of carbonyl (C=O) groups is 2. The maximum Gasteiger partial charge on any atom is 0.300 e. The number of amides is 1. The van der Waals surface area contributed by atoms with Crippen molar-refractivity contribution in [3.63, 3.8) is 0 Å². The van der Waals surface area contributed by atoms with Crippen LogP contribution in [0, 0.1) is 0 Å². The van der Waals surface area contributed by atoms with E-state index in [0.717, 1.165) is 0 Å². The lowest BCUT2D eigenvalue weighted by molar-refractivity contribution is -0.132. The highest BCUT2D eigenvalue weighted by Crippen LogP contribution is 2.45. The summed E-state index contributed by atoms with van der Waals surface area (Å²) in [7, 11) is 4.46. The van der Waals surface area contributed by atoms with E-state index < -0.39 is 23.5 Å². The fourth-order valence-corrected chi connectivity index (χ4v) is 4.49. The number of benzene rings is 3. The number of aliphatic hydroxyl groups is 1. The molecule has 1 unspecified atom stereocenters. The van der Waals surface area contributed by atoms with Gasteiger partial charge in [0.05, 0.1) is 45.1 Å². The standard InChI is InChI=1S/C28H26ClNO7/c1-5-37-23-13-16(9-11-22(23)36-4)25-24(26(31)20-14-17(29)10-12-21(20)35-3)27(32)28(33)30(25)18-7-6-8-19(15-18)34-2/h6-15,25,31H,5H2,1-4H3/b26-24+. The van der Waals surface area contributed by atoms with Gasteiger partial charge in [0.15, 0.2) is 11.5 Å². The van der Waals surface area contributed by atoms with E-state index in [-0.39, 0.29) is 16.9 Å². The normalized spacial score (nSPS) is 16.6. The van der Waals surface area contributed by atoms with E-state index in [1.807, 2.05) is 6.92 Å². The van der Waals surface area contributed by atoms with E-state index >= 15 is 0 Å². The number of aliphatic hydroxyl groups excluding tert-OH is 1. The Kier molecular flexibility index (Phi) is 7.59. The molecule has 1 amide bonds. The number of Topliss-reactive ketones (excluding diaryl/α,β-unsaturated/α-hetero) is 1. The first-order valence-corrected chi connectivity index (χ1v) is 11.8. The van der Waals surface area contributed by atoms with E-state index in [1.165, 1.54) is 32.3 Å². The zero-order chi connectivity index (χ0) is 26.7. The molecule has 192 valence electrons. The highest BCUT2D eigenvalue weighted by molar-refractivity contribution is 6.51. The summed E-state index contributed by atoms with van der Waals surface area (Å²) in [4.78, 5) is 28.3. The predicted octanol–water partition coefficient (Wildman–Crippen LogP) is 5.39. The molecule has 1 saturated heterocycles. The van der Waals surface area contributed by atoms with Crippen LogP contribution >= 0.6 is 11.6 Å². The second-order valence-corrected chi connectivity index (χ2v) is 8.49. The van der Waals surface area contributed by atoms with Gasteiger partial charge in [0, 0.05) is 16.8 Å². The first kappa shape index (κ1) is 25.9. The molecule has 0 bridgehead atoms. The molecule has 1 aliphatic heterocycles. The summed E-state index contributed by atoms with van der Waals surface area (Å²) in [6, 6.07) is 15.5. The molecule has 0 spiro atoms. The monoisotopic (exact) mass is 523 g/mol. The molecule has 0 aliphatic carbocycles. The van der Waals surface area contributed by atoms with Crippen molar-refractivity contribution in [1.82, 2.24) is 0 Å². The Bertz CT molecular complexity index is 1380. The van der Waals surface area contributed by atoms with Gasteiger partial charge in [-0.05, 0) is 55.0 Å². The van der Waals surface area contributed by atoms with Crippen molar-refractivity contribution in [2.75, 3.05) is 32.8 Å². The Morgan fingerprint density at radius 3 is 2.32 bits per heavy atom. The van der Waals surface area contributed by atoms with Gasteiger partial charge in [0.25, 0.3) is 11.7 Å². The second kappa shape index (κ2) is 10.8. The van der Waals surface area contributed by atoms with Gasteiger partial charge < -0.3 is 24.1 Å². The third kappa shape index (κ3) is 4.80. The van der Waals surface area contributed by atoms with Crippen LogP contribution in [0.2, 0.25) is 5.02 Å². The van der Waals surface area contributed by atoms with Crippen molar-refractivity contribution in [2.45, 2.75) is 13.0 Å². The molecule has 3 aromatic rings. The first-order chi connectivity index (χ1) is 17.8. The van der Waals surface area contributed by atoms with Gasteiger partial charge >= 0.3 is 0 Å². The van der Waals surface area contributed by atoms with Crippen LogP contribution in [0.25, 0.3) is 5.76 Å². The van der Waals surface area contributed by atoms with Crippen LogP contribution in [0.5, 0.6) is 23.0 Å². The molecular weight excluding hydrogens is 498 g/mol. The lowest BCUT2D eigenvalue weighted by Gasteiger charge is -2.26. The van der Waals surface area contributed by atoms with Crippen LogP contribution in [0.4, 0.5) is 5.69 Å². The molecule has 1 fully saturated rings. The van der Waals surface area contributed by atoms with Crippen molar-refractivity contribution in [2.24, 2.45) is 0 Å². The van der Waals surface area contributed by atoms with Gasteiger partial charge in [0.2, 0.25) is 0 Å². The zero-order valence-corrected chi connectivity index (χ0v) is 21.5. The van der Waals surface area contributed by atoms with E-state index in [0.29, 0.717) is 40.1 Å². The largest absolute Gasteiger partial charge is 0.507 e. The summed E-state index contributed by atoms with van der Waals surface area (Å²) < 4.78 is 21.9. The third-order valence-corrected chi connectivity index (χ3v) is 6.23. The summed E-state index contributed by atoms with van der Waals surface area (Å²) in [5.41, 5.74) is 0.995. The highest BCUT2D eigenvalue weighted by Gasteiger charge is 2.47. The van der Waals surface area contributed by atoms with Crippen LogP contribution in [0.15, 0.2) is 66.2 Å². The minimum atomic E-state index is -0.999. The van der Waals surface area contributed by atoms with E-state index in [9.17, 15) is 14.7 Å². The minimum Gasteiger partial charge on any atom is -0.507 e. The van der Waals surface area contributed by atoms with Gasteiger partial charge in [0.1, 0.15) is 17.3 Å². The van der Waals surface area contributed by atoms with Gasteiger partial charge in [-0.2, -0.15) is 0 Å². The molecule has 0 radical (unpaired) electrons. The Hall–Kier alpha value is -4.17. The summed E-state index contributed by atoms with van der Waals surface area (Å²) in [6.07, 6.45) is 0. The van der Waals surface area contributed by atoms with Gasteiger partial charge in [-0.25, -0.2) is 0 Å². The van der Waals surface area contributed by atoms with E-state index in [1.54, 1.807) is 54.6 Å². The molecule has 1 heterocycles. The molecule has 0 aromatic heterocycles. The minimum absolute atomic E-state index is 0.124. The lowest BCUT2D eigenvalue weighted by Crippen LogP contribution is -2.29. The predicted molar refractivity (Wildman–Crippen MR) is 140 cm³/mol. The number of halogens is 1. The summed E-state index contributed by atoms with van der Waals surface area (Å²) in [6.45, 7) is 2.20. The second-order valence-electron chi connectivity index (χ2n) is 8.06. The van der Waals surface area contributed by atoms with Crippen molar-refractivity contribution in [1.29, 1.82) is 0 Å². The Labute approximate surface area is 219 Å². The number of ether oxygens (including phenoxy) is 4. The Morgan fingerprint density at radius 2 is 1.65 bits per heavy atom. The third-order valence-electron chi connectivity index (χ3n) is 6.00. The quantitative estimate of drug-likeness (QED) is 0.240. The zero-order valence-electron chi connectivity index (χ0n) is 20.8. The van der Waals surface area contributed by atoms with Gasteiger partial charge in [-0.1, -0.05) is 23.7 Å². The average molecular weight is 524 g/mol. The Balaban J connectivity index is 2.01. The molecular formula is C28H26ClNO7. The van der Waals surface area contributed by atoms with Crippen molar-refractivity contribution in [3.05, 3.63) is 82.4 Å². The van der Waals surface area contributed by atoms with E-state index in [2.05, 4.69) is 0 Å². The molecule has 3 aromatic carbocycles. The molecule has 8 nitrogen and oxygen atoms in total. The number of rotatable bonds is 8. The molecule has 37 heavy (non-hydrogen) atoms. The number of nitrogens with zero attached hydrogens (tertiary/aromatic N) is 1. The number of hydrogen-bond donors (Lipinski definition) is 1. The maximum absolute atomic E-state index is 13.5. The molecule has 1 N–H and O–H groups in total. The summed E-state index contributed by atoms with van der Waals surface area (Å²) >= 11 is 6.19. The van der Waals surface area contributed by atoms with Crippen molar-refractivity contribution in [3.8, 4) is 23.0 Å². The molecule has 1 aliphatic rings. The lowest BCUT2D eigenvalue weighted by atomic mass is 9.94. The van der Waals surface area contributed by atoms with Crippen LogP contribution in [-0.2, 0) is 9.59 Å². The van der Waals surface area contributed by atoms with Gasteiger partial charge in [-0.3, -0.25) is 14.5 Å². The summed E-state index contributed by atoms with van der Waals surface area (Å²) in [5, 5.41) is 11.8. The summed E-state index contributed by atoms with van der Waals surface area (Å²) in [5.74, 6) is -0.380. The Morgan fingerprint density at radius 1 is 0.919 bits per heavy atom. The molecule has 9 heteroatoms. The van der Waals surface area contributed by atoms with Crippen LogP contribution in [0.1, 0.15) is 24.1 Å². The number of carbonyl (C=O) groups excluding carboxylic acids is 2. The average Bonchev–Trinajstić information content (AvgIpc) is 3.18. The van der Waals surface area contributed by atoms with Crippen LogP contribution in [0.3, 0.4) is 0 Å². The molecule has 0 saturated carbocycles. The number of ketones is 1. The number of anilines is 1. The van der Waals surface area contributed by atoms with Crippen molar-refractivity contribution >= 4 is 34.7 Å². The first-order valence-electron chi connectivity index (χ1n) is 11.4. The number of hydrogen-bond acceptors (Lipinski definition) is 7. The van der Waals surface area contributed by atoms with E-state index in [4.69, 9.17) is 30.5 Å². The molecule has 4 rings (SSSR count). The SMILES string of the molecule is CCOc1cc(C2/C(=C(\O)c3cc(Cl)ccc3OC)C(=O)C(=O)N2c2cccc(OC)c2)ccc1OC. The topological polar surface area (TPSA) is 94.5 Å². The fraction of sp³-hybridized carbons (Fsp3) is 0.214. The van der Waals surface area contributed by atoms with Crippen LogP contribution in [-0.4, -0.2) is 44.7 Å². The van der Waals surface area contributed by atoms with Crippen molar-refractivity contribution < 1.29 is 33.6 Å².